The molecule has 1 saturated carbocycles. The van der Waals surface area contributed by atoms with Crippen LogP contribution in [0.4, 0.5) is 0 Å². The van der Waals surface area contributed by atoms with E-state index in [1.807, 2.05) is 11.8 Å². The Morgan fingerprint density at radius 2 is 2.40 bits per heavy atom. The highest BCUT2D eigenvalue weighted by Crippen LogP contribution is 2.39. The Morgan fingerprint density at radius 3 is 3.00 bits per heavy atom. The molecule has 0 saturated heterocycles. The van der Waals surface area contributed by atoms with Gasteiger partial charge in [-0.2, -0.15) is 16.9 Å². The maximum absolute atomic E-state index is 5.26. The van der Waals surface area contributed by atoms with Gasteiger partial charge in [-0.1, -0.05) is 6.92 Å². The summed E-state index contributed by atoms with van der Waals surface area (Å²) in [6, 6.07) is 0. The van der Waals surface area contributed by atoms with Gasteiger partial charge in [-0.15, -0.1) is 0 Å². The second-order valence-corrected chi connectivity index (χ2v) is 5.63. The van der Waals surface area contributed by atoms with Gasteiger partial charge in [-0.25, -0.2) is 0 Å². The molecule has 3 nitrogen and oxygen atoms in total. The topological polar surface area (TPSA) is 33.6 Å². The summed E-state index contributed by atoms with van der Waals surface area (Å²) in [5, 5.41) is 7.24. The van der Waals surface area contributed by atoms with Gasteiger partial charge in [0.05, 0.1) is 0 Å². The summed E-state index contributed by atoms with van der Waals surface area (Å²) in [6.45, 7) is 3.27. The molecule has 5 heteroatoms. The van der Waals surface area contributed by atoms with Crippen molar-refractivity contribution < 1.29 is 0 Å². The van der Waals surface area contributed by atoms with Crippen molar-refractivity contribution in [2.75, 3.05) is 12.0 Å². The van der Waals surface area contributed by atoms with Gasteiger partial charge < -0.3 is 4.57 Å². The Kier molecular flexibility index (Phi) is 3.51. The molecule has 1 unspecified atom stereocenters. The molecule has 1 aliphatic rings. The van der Waals surface area contributed by atoms with Gasteiger partial charge in [-0.05, 0) is 43.0 Å². The molecule has 2 rings (SSSR count). The van der Waals surface area contributed by atoms with E-state index < -0.39 is 0 Å². The largest absolute Gasteiger partial charge is 0.304 e. The highest BCUT2D eigenvalue weighted by molar-refractivity contribution is 7.98. The van der Waals surface area contributed by atoms with E-state index in [-0.39, 0.29) is 0 Å². The van der Waals surface area contributed by atoms with E-state index in [1.165, 1.54) is 24.4 Å². The van der Waals surface area contributed by atoms with Crippen molar-refractivity contribution in [1.29, 1.82) is 0 Å². The zero-order valence-electron chi connectivity index (χ0n) is 9.19. The maximum Gasteiger partial charge on any atom is 0.195 e. The van der Waals surface area contributed by atoms with E-state index in [9.17, 15) is 0 Å². The number of thioether (sulfide) groups is 1. The van der Waals surface area contributed by atoms with Crippen LogP contribution in [0.2, 0.25) is 0 Å². The van der Waals surface area contributed by atoms with E-state index >= 15 is 0 Å². The van der Waals surface area contributed by atoms with Crippen molar-refractivity contribution in [3.8, 4) is 0 Å². The summed E-state index contributed by atoms with van der Waals surface area (Å²) in [6.07, 6.45) is 4.69. The number of hydrogen-bond acceptors (Lipinski definition) is 3. The number of hydrogen-bond donors (Lipinski definition) is 1. The molecule has 1 aromatic rings. The Morgan fingerprint density at radius 1 is 1.67 bits per heavy atom. The molecule has 1 aromatic heterocycles. The van der Waals surface area contributed by atoms with Crippen LogP contribution in [-0.4, -0.2) is 26.8 Å². The lowest BCUT2D eigenvalue weighted by Gasteiger charge is -2.12. The number of H-pyrrole nitrogens is 1. The highest BCUT2D eigenvalue weighted by Gasteiger charge is 2.29. The molecule has 15 heavy (non-hydrogen) atoms. The first-order valence-corrected chi connectivity index (χ1v) is 7.16. The standard InChI is InChI=1S/C10H17N3S2/c1-7(6-15-2)5-13-9(8-3-4-8)11-12-10(13)14/h7-8H,3-6H2,1-2H3,(H,12,14). The van der Waals surface area contributed by atoms with Gasteiger partial charge in [0, 0.05) is 12.5 Å². The van der Waals surface area contributed by atoms with Crippen molar-refractivity contribution in [1.82, 2.24) is 14.8 Å². The number of nitrogens with zero attached hydrogens (tertiary/aromatic N) is 2. The third kappa shape index (κ3) is 2.64. The van der Waals surface area contributed by atoms with E-state index in [4.69, 9.17) is 12.2 Å². The molecule has 1 atom stereocenters. The number of nitrogens with one attached hydrogen (secondary N) is 1. The number of aromatic amines is 1. The minimum absolute atomic E-state index is 0.654. The van der Waals surface area contributed by atoms with Crippen molar-refractivity contribution in [3.63, 3.8) is 0 Å². The quantitative estimate of drug-likeness (QED) is 0.807. The lowest BCUT2D eigenvalue weighted by molar-refractivity contribution is 0.510. The fraction of sp³-hybridized carbons (Fsp3) is 0.800. The second-order valence-electron chi connectivity index (χ2n) is 4.33. The van der Waals surface area contributed by atoms with Gasteiger partial charge in [0.25, 0.3) is 0 Å². The summed E-state index contributed by atoms with van der Waals surface area (Å²) < 4.78 is 2.97. The van der Waals surface area contributed by atoms with Crippen LogP contribution in [0.5, 0.6) is 0 Å². The van der Waals surface area contributed by atoms with Crippen LogP contribution in [-0.2, 0) is 6.54 Å². The van der Waals surface area contributed by atoms with E-state index in [2.05, 4.69) is 27.9 Å². The van der Waals surface area contributed by atoms with Crippen LogP contribution < -0.4 is 0 Å². The molecule has 0 bridgehead atoms. The molecule has 0 aromatic carbocycles. The Balaban J connectivity index is 2.11. The molecular formula is C10H17N3S2. The Bertz CT molecular complexity index is 378. The molecule has 1 fully saturated rings. The third-order valence-electron chi connectivity index (χ3n) is 2.68. The summed E-state index contributed by atoms with van der Waals surface area (Å²) in [5.74, 6) is 3.67. The zero-order valence-corrected chi connectivity index (χ0v) is 10.8. The maximum atomic E-state index is 5.26. The average molecular weight is 243 g/mol. The zero-order chi connectivity index (χ0) is 10.8. The number of rotatable bonds is 5. The van der Waals surface area contributed by atoms with E-state index in [1.54, 1.807) is 0 Å². The third-order valence-corrected chi connectivity index (χ3v) is 3.89. The predicted molar refractivity (Wildman–Crippen MR) is 66.9 cm³/mol. The van der Waals surface area contributed by atoms with Crippen molar-refractivity contribution >= 4 is 24.0 Å². The fourth-order valence-corrected chi connectivity index (χ4v) is 2.70. The van der Waals surface area contributed by atoms with Crippen LogP contribution in [0.3, 0.4) is 0 Å². The van der Waals surface area contributed by atoms with Crippen LogP contribution in [0.1, 0.15) is 31.5 Å². The van der Waals surface area contributed by atoms with Crippen molar-refractivity contribution in [2.24, 2.45) is 5.92 Å². The average Bonchev–Trinajstić information content (AvgIpc) is 2.96. The molecule has 84 valence electrons. The minimum Gasteiger partial charge on any atom is -0.304 e. The summed E-state index contributed by atoms with van der Waals surface area (Å²) in [7, 11) is 0. The smallest absolute Gasteiger partial charge is 0.195 e. The van der Waals surface area contributed by atoms with Crippen LogP contribution >= 0.6 is 24.0 Å². The molecule has 1 aliphatic carbocycles. The highest BCUT2D eigenvalue weighted by atomic mass is 32.2. The molecular weight excluding hydrogens is 226 g/mol. The van der Waals surface area contributed by atoms with Gasteiger partial charge in [0.15, 0.2) is 4.77 Å². The SMILES string of the molecule is CSCC(C)Cn1c(C2CC2)n[nH]c1=S. The molecule has 0 spiro atoms. The predicted octanol–water partition coefficient (Wildman–Crippen LogP) is 2.82. The van der Waals surface area contributed by atoms with E-state index in [0.29, 0.717) is 11.8 Å². The van der Waals surface area contributed by atoms with E-state index in [0.717, 1.165) is 11.3 Å². The molecule has 1 heterocycles. The first-order valence-electron chi connectivity index (χ1n) is 5.36. The van der Waals surface area contributed by atoms with Gasteiger partial charge >= 0.3 is 0 Å². The summed E-state index contributed by atoms with van der Waals surface area (Å²) >= 11 is 7.15. The first-order chi connectivity index (χ1) is 7.22. The van der Waals surface area contributed by atoms with Crippen LogP contribution in [0, 0.1) is 10.7 Å². The van der Waals surface area contributed by atoms with Crippen molar-refractivity contribution in [2.45, 2.75) is 32.2 Å². The number of aromatic nitrogens is 3. The van der Waals surface area contributed by atoms with Gasteiger partial charge in [0.1, 0.15) is 5.82 Å². The van der Waals surface area contributed by atoms with Crippen LogP contribution in [0.25, 0.3) is 0 Å². The molecule has 0 aliphatic heterocycles. The van der Waals surface area contributed by atoms with Gasteiger partial charge in [0.2, 0.25) is 0 Å². The minimum atomic E-state index is 0.654. The summed E-state index contributed by atoms with van der Waals surface area (Å²) in [4.78, 5) is 0. The Labute approximate surface area is 99.7 Å². The molecule has 1 N–H and O–H groups in total. The molecule has 0 amide bonds. The monoisotopic (exact) mass is 243 g/mol. The van der Waals surface area contributed by atoms with Crippen LogP contribution in [0.15, 0.2) is 0 Å². The summed E-state index contributed by atoms with van der Waals surface area (Å²) in [5.41, 5.74) is 0. The lowest BCUT2D eigenvalue weighted by atomic mass is 10.2. The van der Waals surface area contributed by atoms with Gasteiger partial charge in [-0.3, -0.25) is 5.10 Å². The molecule has 0 radical (unpaired) electrons. The normalized spacial score (nSPS) is 18.0. The first kappa shape index (κ1) is 11.2. The lowest BCUT2D eigenvalue weighted by Crippen LogP contribution is -2.12. The fourth-order valence-electron chi connectivity index (χ4n) is 1.81. The van der Waals surface area contributed by atoms with Crippen molar-refractivity contribution in [3.05, 3.63) is 10.6 Å². The Hall–Kier alpha value is -0.290. The second kappa shape index (κ2) is 4.70.